The standard InChI is InChI=1S/C25H33BrO2Si/c1-5-12-21-17-20(26)18-22(28-21)19-27-29(25(2,3)4,23-13-8-6-9-14-23)24-15-10-7-11-16-24/h5-11,13-16,20-22H,1,12,17-19H2,2-4H3/t20-,21+,22+/m0/s1. The van der Waals surface area contributed by atoms with E-state index in [9.17, 15) is 0 Å². The van der Waals surface area contributed by atoms with Crippen molar-refractivity contribution in [2.75, 3.05) is 6.61 Å². The first-order valence-corrected chi connectivity index (χ1v) is 13.3. The number of benzene rings is 2. The number of hydrogen-bond acceptors (Lipinski definition) is 2. The normalized spacial score (nSPS) is 23.0. The largest absolute Gasteiger partial charge is 0.405 e. The van der Waals surface area contributed by atoms with Gasteiger partial charge in [0.1, 0.15) is 0 Å². The zero-order valence-electron chi connectivity index (χ0n) is 17.8. The lowest BCUT2D eigenvalue weighted by Gasteiger charge is -2.44. The lowest BCUT2D eigenvalue weighted by Crippen LogP contribution is -2.67. The van der Waals surface area contributed by atoms with Gasteiger partial charge in [-0.05, 0) is 34.7 Å². The van der Waals surface area contributed by atoms with Gasteiger partial charge < -0.3 is 9.16 Å². The molecule has 0 bridgehead atoms. The summed E-state index contributed by atoms with van der Waals surface area (Å²) in [7, 11) is -2.51. The first-order chi connectivity index (χ1) is 13.9. The molecule has 2 nitrogen and oxygen atoms in total. The third-order valence-electron chi connectivity index (χ3n) is 5.75. The van der Waals surface area contributed by atoms with Gasteiger partial charge in [-0.2, -0.15) is 0 Å². The summed E-state index contributed by atoms with van der Waals surface area (Å²) in [5.74, 6) is 0. The van der Waals surface area contributed by atoms with Crippen molar-refractivity contribution in [3.05, 3.63) is 73.3 Å². The first-order valence-electron chi connectivity index (χ1n) is 10.5. The lowest BCUT2D eigenvalue weighted by molar-refractivity contribution is -0.0638. The van der Waals surface area contributed by atoms with Crippen molar-refractivity contribution in [2.45, 2.75) is 62.1 Å². The van der Waals surface area contributed by atoms with Crippen molar-refractivity contribution < 1.29 is 9.16 Å². The minimum Gasteiger partial charge on any atom is -0.405 e. The summed E-state index contributed by atoms with van der Waals surface area (Å²) in [6, 6.07) is 21.6. The second-order valence-corrected chi connectivity index (χ2v) is 14.5. The monoisotopic (exact) mass is 472 g/mol. The molecule has 156 valence electrons. The molecule has 1 fully saturated rings. The highest BCUT2D eigenvalue weighted by Crippen LogP contribution is 2.37. The van der Waals surface area contributed by atoms with Crippen LogP contribution in [0.4, 0.5) is 0 Å². The fraction of sp³-hybridized carbons (Fsp3) is 0.440. The van der Waals surface area contributed by atoms with Crippen molar-refractivity contribution in [2.24, 2.45) is 0 Å². The fourth-order valence-corrected chi connectivity index (χ4v) is 9.90. The molecule has 0 saturated carbocycles. The maximum absolute atomic E-state index is 7.05. The Morgan fingerprint density at radius 1 is 1.00 bits per heavy atom. The van der Waals surface area contributed by atoms with Gasteiger partial charge >= 0.3 is 0 Å². The van der Waals surface area contributed by atoms with E-state index in [2.05, 4.69) is 104 Å². The summed E-state index contributed by atoms with van der Waals surface area (Å²) in [6.45, 7) is 11.4. The van der Waals surface area contributed by atoms with Crippen LogP contribution in [0.1, 0.15) is 40.0 Å². The quantitative estimate of drug-likeness (QED) is 0.303. The summed E-state index contributed by atoms with van der Waals surface area (Å²) >= 11 is 3.83. The van der Waals surface area contributed by atoms with E-state index in [4.69, 9.17) is 9.16 Å². The van der Waals surface area contributed by atoms with Crippen LogP contribution in [0.15, 0.2) is 73.3 Å². The van der Waals surface area contributed by atoms with Gasteiger partial charge in [-0.1, -0.05) is 103 Å². The molecule has 2 aromatic carbocycles. The molecule has 1 saturated heterocycles. The van der Waals surface area contributed by atoms with Crippen molar-refractivity contribution >= 4 is 34.6 Å². The zero-order chi connectivity index (χ0) is 20.9. The molecule has 3 atom stereocenters. The molecule has 1 aliphatic heterocycles. The Morgan fingerprint density at radius 3 is 2.00 bits per heavy atom. The maximum atomic E-state index is 7.05. The third-order valence-corrected chi connectivity index (χ3v) is 11.5. The average Bonchev–Trinajstić information content (AvgIpc) is 2.69. The molecule has 0 N–H and O–H groups in total. The van der Waals surface area contributed by atoms with E-state index in [1.165, 1.54) is 10.4 Å². The number of halogens is 1. The highest BCUT2D eigenvalue weighted by molar-refractivity contribution is 9.09. The highest BCUT2D eigenvalue weighted by Gasteiger charge is 2.50. The molecular formula is C25H33BrO2Si. The van der Waals surface area contributed by atoms with Crippen LogP contribution in [-0.2, 0) is 9.16 Å². The van der Waals surface area contributed by atoms with Crippen LogP contribution in [0.2, 0.25) is 5.04 Å². The Bertz CT molecular complexity index is 733. The fourth-order valence-electron chi connectivity index (χ4n) is 4.47. The zero-order valence-corrected chi connectivity index (χ0v) is 20.4. The van der Waals surface area contributed by atoms with Gasteiger partial charge in [-0.25, -0.2) is 0 Å². The van der Waals surface area contributed by atoms with E-state index in [0.29, 0.717) is 11.4 Å². The highest BCUT2D eigenvalue weighted by atomic mass is 79.9. The van der Waals surface area contributed by atoms with Crippen LogP contribution in [0, 0.1) is 0 Å². The van der Waals surface area contributed by atoms with E-state index in [1.807, 2.05) is 6.08 Å². The lowest BCUT2D eigenvalue weighted by atomic mass is 10.0. The SMILES string of the molecule is C=CC[C@@H]1C[C@H](Br)C[C@H](CO[Si](c2ccccc2)(c2ccccc2)C(C)(C)C)O1. The van der Waals surface area contributed by atoms with Crippen molar-refractivity contribution in [3.63, 3.8) is 0 Å². The Hall–Kier alpha value is -1.20. The first kappa shape index (κ1) is 22.5. The third kappa shape index (κ3) is 5.11. The maximum Gasteiger partial charge on any atom is 0.261 e. The number of ether oxygens (including phenoxy) is 1. The molecule has 1 heterocycles. The molecule has 1 aliphatic rings. The summed E-state index contributed by atoms with van der Waals surface area (Å²) in [6.07, 6.45) is 5.17. The van der Waals surface area contributed by atoms with Gasteiger partial charge in [0.2, 0.25) is 0 Å². The van der Waals surface area contributed by atoms with E-state index < -0.39 is 8.32 Å². The van der Waals surface area contributed by atoms with E-state index in [0.717, 1.165) is 19.3 Å². The summed E-state index contributed by atoms with van der Waals surface area (Å²) in [4.78, 5) is 0.467. The van der Waals surface area contributed by atoms with Crippen LogP contribution in [0.5, 0.6) is 0 Å². The molecule has 0 aliphatic carbocycles. The van der Waals surface area contributed by atoms with Crippen molar-refractivity contribution in [1.29, 1.82) is 0 Å². The van der Waals surface area contributed by atoms with Gasteiger partial charge in [0.05, 0.1) is 18.8 Å². The summed E-state index contributed by atoms with van der Waals surface area (Å²) < 4.78 is 13.4. The smallest absolute Gasteiger partial charge is 0.261 e. The Labute approximate surface area is 185 Å². The molecule has 0 amide bonds. The van der Waals surface area contributed by atoms with Gasteiger partial charge in [-0.15, -0.1) is 6.58 Å². The van der Waals surface area contributed by atoms with Crippen LogP contribution in [-0.4, -0.2) is 32.0 Å². The minimum atomic E-state index is -2.51. The Kier molecular flexibility index (Phi) is 7.55. The molecule has 0 radical (unpaired) electrons. The molecule has 29 heavy (non-hydrogen) atoms. The van der Waals surface area contributed by atoms with Gasteiger partial charge in [0.25, 0.3) is 8.32 Å². The van der Waals surface area contributed by atoms with Crippen LogP contribution < -0.4 is 10.4 Å². The second kappa shape index (κ2) is 9.74. The van der Waals surface area contributed by atoms with Crippen LogP contribution in [0.3, 0.4) is 0 Å². The van der Waals surface area contributed by atoms with E-state index >= 15 is 0 Å². The average molecular weight is 474 g/mol. The van der Waals surface area contributed by atoms with Gasteiger partial charge in [0, 0.05) is 4.83 Å². The molecule has 3 rings (SSSR count). The molecule has 2 aromatic rings. The molecule has 0 unspecified atom stereocenters. The topological polar surface area (TPSA) is 18.5 Å². The van der Waals surface area contributed by atoms with E-state index in [1.54, 1.807) is 0 Å². The molecule has 0 aromatic heterocycles. The Balaban J connectivity index is 1.95. The Morgan fingerprint density at radius 2 is 1.52 bits per heavy atom. The number of alkyl halides is 1. The molecule has 4 heteroatoms. The van der Waals surface area contributed by atoms with E-state index in [-0.39, 0.29) is 17.2 Å². The number of hydrogen-bond donors (Lipinski definition) is 0. The number of rotatable bonds is 7. The van der Waals surface area contributed by atoms with Crippen LogP contribution in [0.25, 0.3) is 0 Å². The molecule has 0 spiro atoms. The van der Waals surface area contributed by atoms with Crippen molar-refractivity contribution in [3.8, 4) is 0 Å². The van der Waals surface area contributed by atoms with Gasteiger partial charge in [0.15, 0.2) is 0 Å². The van der Waals surface area contributed by atoms with Crippen molar-refractivity contribution in [1.82, 2.24) is 0 Å². The van der Waals surface area contributed by atoms with Gasteiger partial charge in [-0.3, -0.25) is 0 Å². The minimum absolute atomic E-state index is 0.0152. The summed E-state index contributed by atoms with van der Waals surface area (Å²) in [5.41, 5.74) is 0. The predicted octanol–water partition coefficient (Wildman–Crippen LogP) is 5.45. The van der Waals surface area contributed by atoms with Crippen LogP contribution >= 0.6 is 15.9 Å². The summed E-state index contributed by atoms with van der Waals surface area (Å²) in [5, 5.41) is 2.61. The molecular weight excluding hydrogens is 440 g/mol. The predicted molar refractivity (Wildman–Crippen MR) is 129 cm³/mol. The second-order valence-electron chi connectivity index (χ2n) is 8.95.